The van der Waals surface area contributed by atoms with Gasteiger partial charge in [0.05, 0.1) is 25.8 Å². The van der Waals surface area contributed by atoms with E-state index in [0.29, 0.717) is 0 Å². The SMILES string of the molecule is CC(C)OC(=O)CN(CCO)CC(F)F. The van der Waals surface area contributed by atoms with Gasteiger partial charge in [0.15, 0.2) is 0 Å². The zero-order valence-electron chi connectivity index (χ0n) is 8.95. The number of carbonyl (C=O) groups excluding carboxylic acids is 1. The van der Waals surface area contributed by atoms with Crippen LogP contribution in [0, 0.1) is 0 Å². The van der Waals surface area contributed by atoms with Gasteiger partial charge in [0.1, 0.15) is 0 Å². The maximum atomic E-state index is 12.0. The van der Waals surface area contributed by atoms with Crippen molar-refractivity contribution in [2.45, 2.75) is 26.4 Å². The van der Waals surface area contributed by atoms with Crippen LogP contribution < -0.4 is 0 Å². The lowest BCUT2D eigenvalue weighted by molar-refractivity contribution is -0.149. The molecule has 0 spiro atoms. The quantitative estimate of drug-likeness (QED) is 0.641. The molecule has 15 heavy (non-hydrogen) atoms. The fourth-order valence-corrected chi connectivity index (χ4v) is 1.05. The topological polar surface area (TPSA) is 49.8 Å². The fourth-order valence-electron chi connectivity index (χ4n) is 1.05. The van der Waals surface area contributed by atoms with Crippen LogP contribution in [0.1, 0.15) is 13.8 Å². The van der Waals surface area contributed by atoms with E-state index in [9.17, 15) is 13.6 Å². The lowest BCUT2D eigenvalue weighted by Crippen LogP contribution is -2.37. The highest BCUT2D eigenvalue weighted by Gasteiger charge is 2.16. The summed E-state index contributed by atoms with van der Waals surface area (Å²) in [6.07, 6.45) is -2.79. The Hall–Kier alpha value is -0.750. The summed E-state index contributed by atoms with van der Waals surface area (Å²) in [5, 5.41) is 8.61. The van der Waals surface area contributed by atoms with Gasteiger partial charge in [-0.25, -0.2) is 8.78 Å². The highest BCUT2D eigenvalue weighted by Crippen LogP contribution is 1.99. The van der Waals surface area contributed by atoms with Crippen LogP contribution in [0.5, 0.6) is 0 Å². The first-order valence-electron chi connectivity index (χ1n) is 4.76. The third-order valence-corrected chi connectivity index (χ3v) is 1.53. The molecule has 0 unspecified atom stereocenters. The first kappa shape index (κ1) is 14.2. The van der Waals surface area contributed by atoms with Crippen LogP contribution in [-0.4, -0.2) is 54.7 Å². The predicted octanol–water partition coefficient (Wildman–Crippen LogP) is 0.497. The molecule has 4 nitrogen and oxygen atoms in total. The van der Waals surface area contributed by atoms with Crippen molar-refractivity contribution in [3.63, 3.8) is 0 Å². The van der Waals surface area contributed by atoms with Crippen LogP contribution in [0.25, 0.3) is 0 Å². The third kappa shape index (κ3) is 8.26. The van der Waals surface area contributed by atoms with Crippen molar-refractivity contribution in [3.05, 3.63) is 0 Å². The van der Waals surface area contributed by atoms with E-state index in [0.717, 1.165) is 4.90 Å². The number of hydrogen-bond acceptors (Lipinski definition) is 4. The summed E-state index contributed by atoms with van der Waals surface area (Å²) < 4.78 is 28.9. The molecule has 0 bridgehead atoms. The van der Waals surface area contributed by atoms with E-state index >= 15 is 0 Å². The molecule has 0 aliphatic heterocycles. The van der Waals surface area contributed by atoms with Gasteiger partial charge >= 0.3 is 5.97 Å². The van der Waals surface area contributed by atoms with E-state index in [4.69, 9.17) is 9.84 Å². The van der Waals surface area contributed by atoms with E-state index < -0.39 is 18.9 Å². The predicted molar refractivity (Wildman–Crippen MR) is 50.8 cm³/mol. The maximum absolute atomic E-state index is 12.0. The van der Waals surface area contributed by atoms with Crippen LogP contribution in [0.2, 0.25) is 0 Å². The van der Waals surface area contributed by atoms with Gasteiger partial charge in [-0.3, -0.25) is 9.69 Å². The van der Waals surface area contributed by atoms with Crippen LogP contribution in [-0.2, 0) is 9.53 Å². The van der Waals surface area contributed by atoms with Crippen LogP contribution >= 0.6 is 0 Å². The largest absolute Gasteiger partial charge is 0.462 e. The number of nitrogens with zero attached hydrogens (tertiary/aromatic N) is 1. The van der Waals surface area contributed by atoms with E-state index in [-0.39, 0.29) is 25.8 Å². The molecule has 0 aliphatic rings. The first-order valence-corrected chi connectivity index (χ1v) is 4.76. The Labute approximate surface area is 87.8 Å². The molecule has 90 valence electrons. The highest BCUT2D eigenvalue weighted by molar-refractivity contribution is 5.71. The molecule has 0 fully saturated rings. The van der Waals surface area contributed by atoms with Crippen molar-refractivity contribution < 1.29 is 23.4 Å². The first-order chi connectivity index (χ1) is 6.95. The molecule has 0 aliphatic carbocycles. The number of carbonyl (C=O) groups is 1. The smallest absolute Gasteiger partial charge is 0.320 e. The Bertz CT molecular complexity index is 188. The van der Waals surface area contributed by atoms with Gasteiger partial charge in [-0.15, -0.1) is 0 Å². The number of hydrogen-bond donors (Lipinski definition) is 1. The van der Waals surface area contributed by atoms with Crippen molar-refractivity contribution >= 4 is 5.97 Å². The minimum Gasteiger partial charge on any atom is -0.462 e. The van der Waals surface area contributed by atoms with Gasteiger partial charge in [0.2, 0.25) is 0 Å². The summed E-state index contributed by atoms with van der Waals surface area (Å²) in [6, 6.07) is 0. The molecule has 0 saturated carbocycles. The summed E-state index contributed by atoms with van der Waals surface area (Å²) in [7, 11) is 0. The van der Waals surface area contributed by atoms with E-state index in [1.54, 1.807) is 13.8 Å². The molecule has 0 radical (unpaired) electrons. The molecule has 0 amide bonds. The Morgan fingerprint density at radius 3 is 2.47 bits per heavy atom. The van der Waals surface area contributed by atoms with Crippen molar-refractivity contribution in [2.75, 3.05) is 26.2 Å². The normalized spacial score (nSPS) is 11.5. The summed E-state index contributed by atoms with van der Waals surface area (Å²) in [5.41, 5.74) is 0. The van der Waals surface area contributed by atoms with Crippen LogP contribution in [0.15, 0.2) is 0 Å². The van der Waals surface area contributed by atoms with Crippen molar-refractivity contribution in [1.29, 1.82) is 0 Å². The lowest BCUT2D eigenvalue weighted by atomic mass is 10.4. The van der Waals surface area contributed by atoms with Crippen LogP contribution in [0.4, 0.5) is 8.78 Å². The Kier molecular flexibility index (Phi) is 7.15. The molecule has 0 aromatic rings. The molecule has 0 heterocycles. The monoisotopic (exact) mass is 225 g/mol. The molecule has 0 aromatic heterocycles. The summed E-state index contributed by atoms with van der Waals surface area (Å²) in [6.45, 7) is 2.39. The second-order valence-corrected chi connectivity index (χ2v) is 3.39. The maximum Gasteiger partial charge on any atom is 0.320 e. The number of halogens is 2. The van der Waals surface area contributed by atoms with E-state index in [1.165, 1.54) is 0 Å². The molecular formula is C9H17F2NO3. The summed E-state index contributed by atoms with van der Waals surface area (Å²) in [4.78, 5) is 12.3. The Morgan fingerprint density at radius 2 is 2.07 bits per heavy atom. The van der Waals surface area contributed by atoms with Crippen molar-refractivity contribution in [1.82, 2.24) is 4.90 Å². The van der Waals surface area contributed by atoms with Gasteiger partial charge in [-0.2, -0.15) is 0 Å². The number of esters is 1. The minimum absolute atomic E-state index is 0.0392. The number of aliphatic hydroxyl groups excluding tert-OH is 1. The van der Waals surface area contributed by atoms with Gasteiger partial charge in [-0.05, 0) is 13.8 Å². The number of alkyl halides is 2. The second kappa shape index (κ2) is 7.53. The lowest BCUT2D eigenvalue weighted by Gasteiger charge is -2.20. The van der Waals surface area contributed by atoms with Gasteiger partial charge < -0.3 is 9.84 Å². The molecular weight excluding hydrogens is 208 g/mol. The van der Waals surface area contributed by atoms with Gasteiger partial charge in [-0.1, -0.05) is 0 Å². The Morgan fingerprint density at radius 1 is 1.47 bits per heavy atom. The third-order valence-electron chi connectivity index (χ3n) is 1.53. The Balaban J connectivity index is 3.97. The van der Waals surface area contributed by atoms with E-state index in [2.05, 4.69) is 0 Å². The van der Waals surface area contributed by atoms with E-state index in [1.807, 2.05) is 0 Å². The molecule has 6 heteroatoms. The summed E-state index contributed by atoms with van der Waals surface area (Å²) >= 11 is 0. The van der Waals surface area contributed by atoms with Gasteiger partial charge in [0.25, 0.3) is 6.43 Å². The second-order valence-electron chi connectivity index (χ2n) is 3.39. The average molecular weight is 225 g/mol. The van der Waals surface area contributed by atoms with Crippen LogP contribution in [0.3, 0.4) is 0 Å². The highest BCUT2D eigenvalue weighted by atomic mass is 19.3. The standard InChI is InChI=1S/C9H17F2NO3/c1-7(2)15-9(14)6-12(3-4-13)5-8(10)11/h7-8,13H,3-6H2,1-2H3. The van der Waals surface area contributed by atoms with Gasteiger partial charge in [0, 0.05) is 6.54 Å². The average Bonchev–Trinajstić information content (AvgIpc) is 2.00. The number of aliphatic hydroxyl groups is 1. The molecule has 1 N–H and O–H groups in total. The number of rotatable bonds is 7. The van der Waals surface area contributed by atoms with Crippen molar-refractivity contribution in [3.8, 4) is 0 Å². The number of ether oxygens (including phenoxy) is 1. The fraction of sp³-hybridized carbons (Fsp3) is 0.889. The molecule has 0 aromatic carbocycles. The van der Waals surface area contributed by atoms with Crippen molar-refractivity contribution in [2.24, 2.45) is 0 Å². The molecule has 0 saturated heterocycles. The molecule has 0 atom stereocenters. The zero-order chi connectivity index (χ0) is 11.8. The zero-order valence-corrected chi connectivity index (χ0v) is 8.95. The minimum atomic E-state index is -2.52. The molecule has 0 rings (SSSR count). The summed E-state index contributed by atoms with van der Waals surface area (Å²) in [5.74, 6) is -0.556.